The molecule has 0 saturated heterocycles. The van der Waals surface area contributed by atoms with Crippen LogP contribution in [-0.2, 0) is 0 Å². The minimum Gasteiger partial charge on any atom is -0.409 e. The third kappa shape index (κ3) is 3.04. The molecule has 1 heterocycles. The van der Waals surface area contributed by atoms with E-state index in [0.29, 0.717) is 6.54 Å². The molecule has 4 N–H and O–H groups in total. The summed E-state index contributed by atoms with van der Waals surface area (Å²) in [4.78, 5) is 1.24. The van der Waals surface area contributed by atoms with Crippen molar-refractivity contribution in [3.05, 3.63) is 22.4 Å². The predicted molar refractivity (Wildman–Crippen MR) is 54.1 cm³/mol. The van der Waals surface area contributed by atoms with Gasteiger partial charge in [0.25, 0.3) is 0 Å². The summed E-state index contributed by atoms with van der Waals surface area (Å²) in [6, 6.07) is 4.29. The average Bonchev–Trinajstić information content (AvgIpc) is 2.66. The van der Waals surface area contributed by atoms with Crippen molar-refractivity contribution in [1.29, 1.82) is 0 Å². The summed E-state index contributed by atoms with van der Waals surface area (Å²) in [6.45, 7) is 2.44. The molecule has 1 atom stereocenters. The molecule has 5 heteroatoms. The molecular weight excluding hydrogens is 186 g/mol. The van der Waals surface area contributed by atoms with Crippen molar-refractivity contribution in [1.82, 2.24) is 5.32 Å². The lowest BCUT2D eigenvalue weighted by Crippen LogP contribution is -2.30. The highest BCUT2D eigenvalue weighted by atomic mass is 32.1. The molecule has 0 bridgehead atoms. The molecule has 72 valence electrons. The van der Waals surface area contributed by atoms with Crippen LogP contribution in [0.2, 0.25) is 0 Å². The fourth-order valence-electron chi connectivity index (χ4n) is 0.931. The van der Waals surface area contributed by atoms with Gasteiger partial charge >= 0.3 is 0 Å². The standard InChI is InChI=1S/C8H13N3OS/c1-6(7-3-2-4-13-7)10-5-8(9)11-12/h2-4,6,10,12H,5H2,1H3,(H2,9,11)/t6-/m1/s1. The van der Waals surface area contributed by atoms with Crippen molar-refractivity contribution in [3.8, 4) is 0 Å². The fraction of sp³-hybridized carbons (Fsp3) is 0.375. The second kappa shape index (κ2) is 4.84. The Morgan fingerprint density at radius 3 is 3.15 bits per heavy atom. The maximum atomic E-state index is 8.30. The minimum absolute atomic E-state index is 0.198. The van der Waals surface area contributed by atoms with Crippen LogP contribution in [0.3, 0.4) is 0 Å². The Kier molecular flexibility index (Phi) is 3.72. The molecule has 0 radical (unpaired) electrons. The Morgan fingerprint density at radius 2 is 2.62 bits per heavy atom. The van der Waals surface area contributed by atoms with E-state index < -0.39 is 0 Å². The molecule has 1 aromatic rings. The molecule has 1 aromatic heterocycles. The number of nitrogens with one attached hydrogen (secondary N) is 1. The molecule has 0 amide bonds. The third-order valence-corrected chi connectivity index (χ3v) is 2.74. The maximum absolute atomic E-state index is 8.30. The van der Waals surface area contributed by atoms with E-state index in [1.54, 1.807) is 11.3 Å². The quantitative estimate of drug-likeness (QED) is 0.295. The van der Waals surface area contributed by atoms with Crippen LogP contribution in [0.25, 0.3) is 0 Å². The number of nitrogens with two attached hydrogens (primary N) is 1. The summed E-state index contributed by atoms with van der Waals surface area (Å²) in [5.74, 6) is 0.198. The van der Waals surface area contributed by atoms with Gasteiger partial charge in [-0.1, -0.05) is 11.2 Å². The zero-order valence-corrected chi connectivity index (χ0v) is 8.21. The lowest BCUT2D eigenvalue weighted by Gasteiger charge is -2.10. The van der Waals surface area contributed by atoms with Crippen LogP contribution in [0.5, 0.6) is 0 Å². The number of amidine groups is 1. The van der Waals surface area contributed by atoms with Crippen molar-refractivity contribution >= 4 is 17.2 Å². The highest BCUT2D eigenvalue weighted by Gasteiger charge is 2.05. The van der Waals surface area contributed by atoms with Gasteiger partial charge in [0, 0.05) is 10.9 Å². The molecule has 4 nitrogen and oxygen atoms in total. The third-order valence-electron chi connectivity index (χ3n) is 1.69. The molecule has 0 saturated carbocycles. The predicted octanol–water partition coefficient (Wildman–Crippen LogP) is 1.15. The van der Waals surface area contributed by atoms with Gasteiger partial charge in [-0.15, -0.1) is 11.3 Å². The Balaban J connectivity index is 2.38. The van der Waals surface area contributed by atoms with Gasteiger partial charge in [0.05, 0.1) is 6.54 Å². The number of hydrogen-bond donors (Lipinski definition) is 3. The molecule has 13 heavy (non-hydrogen) atoms. The van der Waals surface area contributed by atoms with Crippen LogP contribution in [0.1, 0.15) is 17.8 Å². The first kappa shape index (κ1) is 10.0. The summed E-state index contributed by atoms with van der Waals surface area (Å²) in [6.07, 6.45) is 0. The first-order valence-electron chi connectivity index (χ1n) is 3.97. The Morgan fingerprint density at radius 1 is 1.85 bits per heavy atom. The molecule has 0 fully saturated rings. The van der Waals surface area contributed by atoms with Gasteiger partial charge in [0.15, 0.2) is 5.84 Å². The van der Waals surface area contributed by atoms with Gasteiger partial charge in [-0.3, -0.25) is 0 Å². The first-order chi connectivity index (χ1) is 6.24. The van der Waals surface area contributed by atoms with Crippen LogP contribution >= 0.6 is 11.3 Å². The maximum Gasteiger partial charge on any atom is 0.153 e. The topological polar surface area (TPSA) is 70.6 Å². The SMILES string of the molecule is C[C@@H](NC/C(N)=N/O)c1cccs1. The largest absolute Gasteiger partial charge is 0.409 e. The van der Waals surface area contributed by atoms with Crippen LogP contribution in [0.4, 0.5) is 0 Å². The van der Waals surface area contributed by atoms with Crippen LogP contribution in [-0.4, -0.2) is 17.6 Å². The summed E-state index contributed by atoms with van der Waals surface area (Å²) in [5, 5.41) is 16.3. The van der Waals surface area contributed by atoms with E-state index in [1.165, 1.54) is 4.88 Å². The van der Waals surface area contributed by atoms with Gasteiger partial charge in [-0.05, 0) is 18.4 Å². The summed E-state index contributed by atoms with van der Waals surface area (Å²) < 4.78 is 0. The summed E-state index contributed by atoms with van der Waals surface area (Å²) in [5.41, 5.74) is 5.32. The van der Waals surface area contributed by atoms with Gasteiger partial charge < -0.3 is 16.3 Å². The van der Waals surface area contributed by atoms with Gasteiger partial charge in [-0.25, -0.2) is 0 Å². The van der Waals surface area contributed by atoms with Crippen LogP contribution < -0.4 is 11.1 Å². The Bertz CT molecular complexity index is 271. The molecule has 0 aromatic carbocycles. The van der Waals surface area contributed by atoms with E-state index >= 15 is 0 Å². The van der Waals surface area contributed by atoms with Crippen molar-refractivity contribution < 1.29 is 5.21 Å². The number of thiophene rings is 1. The monoisotopic (exact) mass is 199 g/mol. The summed E-state index contributed by atoms with van der Waals surface area (Å²) >= 11 is 1.68. The Labute approximate surface area is 81.1 Å². The van der Waals surface area contributed by atoms with Gasteiger partial charge in [-0.2, -0.15) is 0 Å². The highest BCUT2D eigenvalue weighted by molar-refractivity contribution is 7.10. The van der Waals surface area contributed by atoms with Gasteiger partial charge in [0.2, 0.25) is 0 Å². The lowest BCUT2D eigenvalue weighted by atomic mass is 10.3. The summed E-state index contributed by atoms with van der Waals surface area (Å²) in [7, 11) is 0. The van der Waals surface area contributed by atoms with Gasteiger partial charge in [0.1, 0.15) is 0 Å². The molecule has 0 unspecified atom stereocenters. The van der Waals surface area contributed by atoms with E-state index in [2.05, 4.69) is 16.5 Å². The fourth-order valence-corrected chi connectivity index (χ4v) is 1.69. The van der Waals surface area contributed by atoms with E-state index in [4.69, 9.17) is 10.9 Å². The normalized spacial score (nSPS) is 14.4. The molecule has 0 spiro atoms. The lowest BCUT2D eigenvalue weighted by molar-refractivity contribution is 0.316. The minimum atomic E-state index is 0.198. The van der Waals surface area contributed by atoms with E-state index in [9.17, 15) is 0 Å². The number of oxime groups is 1. The molecule has 1 rings (SSSR count). The number of nitrogens with zero attached hydrogens (tertiary/aromatic N) is 1. The van der Waals surface area contributed by atoms with Crippen molar-refractivity contribution in [3.63, 3.8) is 0 Å². The molecule has 0 aliphatic carbocycles. The van der Waals surface area contributed by atoms with Crippen molar-refractivity contribution in [2.24, 2.45) is 10.9 Å². The van der Waals surface area contributed by atoms with Crippen molar-refractivity contribution in [2.45, 2.75) is 13.0 Å². The average molecular weight is 199 g/mol. The van der Waals surface area contributed by atoms with Crippen LogP contribution in [0.15, 0.2) is 22.7 Å². The molecular formula is C8H13N3OS. The van der Waals surface area contributed by atoms with E-state index in [-0.39, 0.29) is 11.9 Å². The number of hydrogen-bond acceptors (Lipinski definition) is 4. The van der Waals surface area contributed by atoms with E-state index in [0.717, 1.165) is 0 Å². The molecule has 0 aliphatic heterocycles. The zero-order chi connectivity index (χ0) is 9.68. The first-order valence-corrected chi connectivity index (χ1v) is 4.85. The second-order valence-corrected chi connectivity index (χ2v) is 3.69. The van der Waals surface area contributed by atoms with Crippen molar-refractivity contribution in [2.75, 3.05) is 6.54 Å². The van der Waals surface area contributed by atoms with E-state index in [1.807, 2.05) is 18.4 Å². The molecule has 0 aliphatic rings. The Hall–Kier alpha value is -1.07. The smallest absolute Gasteiger partial charge is 0.153 e. The highest BCUT2D eigenvalue weighted by Crippen LogP contribution is 2.17. The second-order valence-electron chi connectivity index (χ2n) is 2.71. The van der Waals surface area contributed by atoms with Crippen LogP contribution in [0, 0.1) is 0 Å². The number of rotatable bonds is 4. The zero-order valence-electron chi connectivity index (χ0n) is 7.40.